The van der Waals surface area contributed by atoms with Crippen molar-refractivity contribution in [3.63, 3.8) is 0 Å². The van der Waals surface area contributed by atoms with Crippen LogP contribution in [0.2, 0.25) is 0 Å². The normalized spacial score (nSPS) is 10.1. The molecule has 0 saturated carbocycles. The Labute approximate surface area is 164 Å². The van der Waals surface area contributed by atoms with E-state index in [1.165, 1.54) is 0 Å². The van der Waals surface area contributed by atoms with Gasteiger partial charge in [-0.25, -0.2) is 0 Å². The standard InChI is InChI=1S/C22H20N2O2S/c1-16-7-5-6-10-20(16)23-22(27)24-21(25)18-11-13-19(14-12-18)26-15-17-8-3-2-4-9-17/h2-14H,15H2,1H3,(H2,23,24,25,27). The molecule has 0 aliphatic heterocycles. The molecule has 0 saturated heterocycles. The average Bonchev–Trinajstić information content (AvgIpc) is 2.69. The molecule has 27 heavy (non-hydrogen) atoms. The van der Waals surface area contributed by atoms with Gasteiger partial charge in [0.05, 0.1) is 0 Å². The summed E-state index contributed by atoms with van der Waals surface area (Å²) in [5.74, 6) is 0.437. The van der Waals surface area contributed by atoms with Crippen molar-refractivity contribution in [1.29, 1.82) is 0 Å². The maximum Gasteiger partial charge on any atom is 0.257 e. The third-order valence-corrected chi connectivity index (χ3v) is 4.19. The van der Waals surface area contributed by atoms with E-state index in [1.54, 1.807) is 24.3 Å². The smallest absolute Gasteiger partial charge is 0.257 e. The number of benzene rings is 3. The number of anilines is 1. The lowest BCUT2D eigenvalue weighted by Gasteiger charge is -2.12. The van der Waals surface area contributed by atoms with Gasteiger partial charge in [0.2, 0.25) is 0 Å². The minimum absolute atomic E-state index is 0.263. The van der Waals surface area contributed by atoms with Crippen LogP contribution in [0.1, 0.15) is 21.5 Å². The second-order valence-electron chi connectivity index (χ2n) is 6.02. The second kappa shape index (κ2) is 8.96. The first-order valence-electron chi connectivity index (χ1n) is 8.56. The van der Waals surface area contributed by atoms with Crippen molar-refractivity contribution in [3.05, 3.63) is 95.6 Å². The Kier molecular flexibility index (Phi) is 6.18. The lowest BCUT2D eigenvalue weighted by Crippen LogP contribution is -2.34. The second-order valence-corrected chi connectivity index (χ2v) is 6.43. The van der Waals surface area contributed by atoms with Gasteiger partial charge in [0.15, 0.2) is 5.11 Å². The first-order valence-corrected chi connectivity index (χ1v) is 8.97. The van der Waals surface area contributed by atoms with Gasteiger partial charge in [0.25, 0.3) is 5.91 Å². The van der Waals surface area contributed by atoms with Crippen LogP contribution in [0.3, 0.4) is 0 Å². The molecule has 1 amide bonds. The molecule has 3 aromatic carbocycles. The Morgan fingerprint density at radius 3 is 2.30 bits per heavy atom. The molecule has 0 aliphatic rings. The molecule has 0 aliphatic carbocycles. The van der Waals surface area contributed by atoms with Gasteiger partial charge in [0, 0.05) is 11.3 Å². The number of ether oxygens (including phenoxy) is 1. The predicted octanol–water partition coefficient (Wildman–Crippen LogP) is 4.70. The summed E-state index contributed by atoms with van der Waals surface area (Å²) in [5, 5.41) is 5.99. The molecule has 5 heteroatoms. The van der Waals surface area contributed by atoms with Crippen LogP contribution >= 0.6 is 12.2 Å². The largest absolute Gasteiger partial charge is 0.489 e. The number of para-hydroxylation sites is 1. The molecular weight excluding hydrogens is 356 g/mol. The van der Waals surface area contributed by atoms with E-state index >= 15 is 0 Å². The van der Waals surface area contributed by atoms with Gasteiger partial charge in [-0.3, -0.25) is 10.1 Å². The number of hydrogen-bond acceptors (Lipinski definition) is 3. The molecule has 0 fully saturated rings. The molecule has 0 radical (unpaired) electrons. The molecule has 0 atom stereocenters. The van der Waals surface area contributed by atoms with Crippen LogP contribution in [-0.4, -0.2) is 11.0 Å². The number of carbonyl (C=O) groups excluding carboxylic acids is 1. The maximum absolute atomic E-state index is 12.3. The Hall–Kier alpha value is -3.18. The van der Waals surface area contributed by atoms with Gasteiger partial charge in [-0.2, -0.15) is 0 Å². The Morgan fingerprint density at radius 2 is 1.59 bits per heavy atom. The monoisotopic (exact) mass is 376 g/mol. The van der Waals surface area contributed by atoms with Crippen molar-refractivity contribution in [2.75, 3.05) is 5.32 Å². The lowest BCUT2D eigenvalue weighted by molar-refractivity contribution is 0.0977. The maximum atomic E-state index is 12.3. The Bertz CT molecular complexity index is 925. The fourth-order valence-corrected chi connectivity index (χ4v) is 2.69. The number of thiocarbonyl (C=S) groups is 1. The molecule has 3 rings (SSSR count). The molecule has 2 N–H and O–H groups in total. The van der Waals surface area contributed by atoms with Crippen molar-refractivity contribution < 1.29 is 9.53 Å². The predicted molar refractivity (Wildman–Crippen MR) is 112 cm³/mol. The number of rotatable bonds is 5. The first-order chi connectivity index (χ1) is 13.1. The SMILES string of the molecule is Cc1ccccc1NC(=S)NC(=O)c1ccc(OCc2ccccc2)cc1. The van der Waals surface area contributed by atoms with E-state index in [1.807, 2.05) is 61.5 Å². The summed E-state index contributed by atoms with van der Waals surface area (Å²) in [6.45, 7) is 2.46. The third kappa shape index (κ3) is 5.39. The quantitative estimate of drug-likeness (QED) is 0.634. The van der Waals surface area contributed by atoms with E-state index in [9.17, 15) is 4.79 Å². The highest BCUT2D eigenvalue weighted by molar-refractivity contribution is 7.80. The van der Waals surface area contributed by atoms with Crippen LogP contribution in [0.25, 0.3) is 0 Å². The zero-order valence-electron chi connectivity index (χ0n) is 14.9. The Balaban J connectivity index is 1.54. The van der Waals surface area contributed by atoms with Crippen molar-refractivity contribution in [2.45, 2.75) is 13.5 Å². The molecule has 136 valence electrons. The summed E-state index contributed by atoms with van der Waals surface area (Å²) in [6, 6.07) is 24.6. The van der Waals surface area contributed by atoms with E-state index in [0.29, 0.717) is 17.9 Å². The van der Waals surface area contributed by atoms with Gasteiger partial charge in [-0.1, -0.05) is 48.5 Å². The number of aryl methyl sites for hydroxylation is 1. The van der Waals surface area contributed by atoms with E-state index in [4.69, 9.17) is 17.0 Å². The van der Waals surface area contributed by atoms with Crippen LogP contribution in [0.4, 0.5) is 5.69 Å². The highest BCUT2D eigenvalue weighted by atomic mass is 32.1. The third-order valence-electron chi connectivity index (χ3n) is 3.99. The fourth-order valence-electron chi connectivity index (χ4n) is 2.49. The summed E-state index contributed by atoms with van der Waals surface area (Å²) < 4.78 is 5.73. The molecular formula is C22H20N2O2S. The molecule has 0 aromatic heterocycles. The van der Waals surface area contributed by atoms with E-state index < -0.39 is 0 Å². The Morgan fingerprint density at radius 1 is 0.926 bits per heavy atom. The summed E-state index contributed by atoms with van der Waals surface area (Å²) in [6.07, 6.45) is 0. The summed E-state index contributed by atoms with van der Waals surface area (Å²) >= 11 is 5.23. The highest BCUT2D eigenvalue weighted by Gasteiger charge is 2.09. The van der Waals surface area contributed by atoms with Crippen LogP contribution in [0, 0.1) is 6.92 Å². The zero-order valence-corrected chi connectivity index (χ0v) is 15.8. The summed E-state index contributed by atoms with van der Waals surface area (Å²) in [5.41, 5.74) is 3.52. The number of amides is 1. The minimum atomic E-state index is -0.268. The lowest BCUT2D eigenvalue weighted by atomic mass is 10.2. The summed E-state index contributed by atoms with van der Waals surface area (Å²) in [4.78, 5) is 12.3. The van der Waals surface area contributed by atoms with Gasteiger partial charge >= 0.3 is 0 Å². The topological polar surface area (TPSA) is 50.4 Å². The zero-order chi connectivity index (χ0) is 19.1. The number of carbonyl (C=O) groups is 1. The first kappa shape index (κ1) is 18.6. The van der Waals surface area contributed by atoms with Crippen molar-refractivity contribution in [1.82, 2.24) is 5.32 Å². The molecule has 0 bridgehead atoms. The van der Waals surface area contributed by atoms with Gasteiger partial charge in [-0.15, -0.1) is 0 Å². The van der Waals surface area contributed by atoms with Crippen LogP contribution < -0.4 is 15.4 Å². The van der Waals surface area contributed by atoms with E-state index in [2.05, 4.69) is 10.6 Å². The van der Waals surface area contributed by atoms with Gasteiger partial charge < -0.3 is 10.1 Å². The molecule has 4 nitrogen and oxygen atoms in total. The molecule has 0 heterocycles. The van der Waals surface area contributed by atoms with Crippen molar-refractivity contribution in [3.8, 4) is 5.75 Å². The van der Waals surface area contributed by atoms with Gasteiger partial charge in [0.1, 0.15) is 12.4 Å². The van der Waals surface area contributed by atoms with E-state index in [0.717, 1.165) is 16.8 Å². The van der Waals surface area contributed by atoms with Gasteiger partial charge in [-0.05, 0) is 60.6 Å². The molecule has 0 spiro atoms. The van der Waals surface area contributed by atoms with Crippen LogP contribution in [-0.2, 0) is 6.61 Å². The summed E-state index contributed by atoms with van der Waals surface area (Å²) in [7, 11) is 0. The average molecular weight is 376 g/mol. The molecule has 0 unspecified atom stereocenters. The van der Waals surface area contributed by atoms with Crippen molar-refractivity contribution in [2.24, 2.45) is 0 Å². The number of nitrogens with one attached hydrogen (secondary N) is 2. The number of hydrogen-bond donors (Lipinski definition) is 2. The fraction of sp³-hybridized carbons (Fsp3) is 0.0909. The van der Waals surface area contributed by atoms with Crippen LogP contribution in [0.5, 0.6) is 5.75 Å². The van der Waals surface area contributed by atoms with Crippen LogP contribution in [0.15, 0.2) is 78.9 Å². The minimum Gasteiger partial charge on any atom is -0.489 e. The van der Waals surface area contributed by atoms with Crippen molar-refractivity contribution >= 4 is 28.9 Å². The highest BCUT2D eigenvalue weighted by Crippen LogP contribution is 2.15. The molecule has 3 aromatic rings. The van der Waals surface area contributed by atoms with E-state index in [-0.39, 0.29) is 11.0 Å².